The summed E-state index contributed by atoms with van der Waals surface area (Å²) in [7, 11) is 1.85. The summed E-state index contributed by atoms with van der Waals surface area (Å²) >= 11 is 0. The molecule has 1 heterocycles. The Hall–Kier alpha value is -3.02. The van der Waals surface area contributed by atoms with Gasteiger partial charge in [-0.2, -0.15) is 10.1 Å². The highest BCUT2D eigenvalue weighted by Crippen LogP contribution is 2.22. The molecule has 0 aliphatic carbocycles. The van der Waals surface area contributed by atoms with Crippen molar-refractivity contribution in [2.45, 2.75) is 0 Å². The number of anilines is 4. The summed E-state index contributed by atoms with van der Waals surface area (Å²) < 4.78 is 13.7. The predicted octanol–water partition coefficient (Wildman–Crippen LogP) is 3.52. The molecule has 0 saturated heterocycles. The van der Waals surface area contributed by atoms with Gasteiger partial charge in [-0.1, -0.05) is 30.3 Å². The second-order valence-electron chi connectivity index (χ2n) is 4.64. The fourth-order valence-corrected chi connectivity index (χ4v) is 1.96. The lowest BCUT2D eigenvalue weighted by Gasteiger charge is -2.17. The molecule has 0 bridgehead atoms. The number of para-hydroxylation sites is 2. The highest BCUT2D eigenvalue weighted by atomic mass is 19.1. The zero-order valence-corrected chi connectivity index (χ0v) is 11.9. The highest BCUT2D eigenvalue weighted by molar-refractivity contribution is 5.60. The molecule has 3 rings (SSSR count). The van der Waals surface area contributed by atoms with E-state index in [1.54, 1.807) is 23.1 Å². The van der Waals surface area contributed by atoms with E-state index in [1.807, 2.05) is 37.4 Å². The van der Waals surface area contributed by atoms with Crippen molar-refractivity contribution >= 4 is 23.1 Å². The lowest BCUT2D eigenvalue weighted by Crippen LogP contribution is -2.14. The quantitative estimate of drug-likeness (QED) is 0.798. The molecule has 22 heavy (non-hydrogen) atoms. The molecule has 0 aliphatic heterocycles. The molecule has 2 aromatic carbocycles. The number of hydrogen-bond donors (Lipinski definition) is 1. The first-order valence-electron chi connectivity index (χ1n) is 6.74. The van der Waals surface area contributed by atoms with E-state index >= 15 is 0 Å². The topological polar surface area (TPSA) is 53.9 Å². The first kappa shape index (κ1) is 13.9. The molecule has 0 saturated carbocycles. The summed E-state index contributed by atoms with van der Waals surface area (Å²) in [5, 5.41) is 10.8. The van der Waals surface area contributed by atoms with Crippen LogP contribution in [0.3, 0.4) is 0 Å². The summed E-state index contributed by atoms with van der Waals surface area (Å²) in [5.74, 6) is 0.504. The molecular weight excluding hydrogens is 281 g/mol. The average molecular weight is 295 g/mol. The van der Waals surface area contributed by atoms with Gasteiger partial charge in [-0.05, 0) is 24.3 Å². The molecule has 3 aromatic rings. The van der Waals surface area contributed by atoms with E-state index in [1.165, 1.54) is 12.3 Å². The predicted molar refractivity (Wildman–Crippen MR) is 84.0 cm³/mol. The number of hydrogen-bond acceptors (Lipinski definition) is 5. The Bertz CT molecular complexity index is 763. The Morgan fingerprint density at radius 3 is 2.50 bits per heavy atom. The molecule has 1 N–H and O–H groups in total. The molecule has 5 nitrogen and oxygen atoms in total. The van der Waals surface area contributed by atoms with E-state index in [0.29, 0.717) is 17.5 Å². The Morgan fingerprint density at radius 2 is 1.73 bits per heavy atom. The van der Waals surface area contributed by atoms with Crippen LogP contribution in [0.4, 0.5) is 27.5 Å². The van der Waals surface area contributed by atoms with E-state index in [-0.39, 0.29) is 5.82 Å². The Labute approximate surface area is 127 Å². The number of nitrogens with one attached hydrogen (secondary N) is 1. The number of halogens is 1. The molecule has 0 aliphatic rings. The molecule has 0 spiro atoms. The second-order valence-corrected chi connectivity index (χ2v) is 4.64. The van der Waals surface area contributed by atoms with Crippen LogP contribution in [0.2, 0.25) is 0 Å². The van der Waals surface area contributed by atoms with Gasteiger partial charge in [-0.3, -0.25) is 0 Å². The standard InChI is InChI=1S/C16H14FN5/c1-22(12-7-3-2-4-8-12)16-20-15(11-18-21-16)19-14-10-6-5-9-13(14)17/h2-11H,1H3,(H,19,20,21). The smallest absolute Gasteiger partial charge is 0.251 e. The molecule has 0 atom stereocenters. The van der Waals surface area contributed by atoms with Gasteiger partial charge in [0.25, 0.3) is 5.95 Å². The molecule has 6 heteroatoms. The van der Waals surface area contributed by atoms with Gasteiger partial charge in [-0.25, -0.2) is 4.39 Å². The van der Waals surface area contributed by atoms with Crippen LogP contribution in [-0.2, 0) is 0 Å². The number of rotatable bonds is 4. The Morgan fingerprint density at radius 1 is 1.00 bits per heavy atom. The summed E-state index contributed by atoms with van der Waals surface area (Å²) in [6.45, 7) is 0. The first-order chi connectivity index (χ1) is 10.7. The molecule has 0 unspecified atom stereocenters. The normalized spacial score (nSPS) is 10.3. The Kier molecular flexibility index (Phi) is 3.91. The number of aromatic nitrogens is 3. The van der Waals surface area contributed by atoms with Gasteiger partial charge in [0.15, 0.2) is 5.82 Å². The average Bonchev–Trinajstić information content (AvgIpc) is 2.57. The van der Waals surface area contributed by atoms with Crippen molar-refractivity contribution in [1.29, 1.82) is 0 Å². The van der Waals surface area contributed by atoms with Gasteiger partial charge in [0.1, 0.15) is 5.82 Å². The molecule has 1 aromatic heterocycles. The largest absolute Gasteiger partial charge is 0.336 e. The van der Waals surface area contributed by atoms with E-state index < -0.39 is 0 Å². The zero-order chi connectivity index (χ0) is 15.4. The van der Waals surface area contributed by atoms with Gasteiger partial charge >= 0.3 is 0 Å². The van der Waals surface area contributed by atoms with Crippen molar-refractivity contribution in [2.24, 2.45) is 0 Å². The zero-order valence-electron chi connectivity index (χ0n) is 11.9. The van der Waals surface area contributed by atoms with Crippen molar-refractivity contribution in [3.05, 3.63) is 66.6 Å². The van der Waals surface area contributed by atoms with Crippen LogP contribution in [0.15, 0.2) is 60.8 Å². The highest BCUT2D eigenvalue weighted by Gasteiger charge is 2.09. The second kappa shape index (κ2) is 6.17. The fourth-order valence-electron chi connectivity index (χ4n) is 1.96. The lowest BCUT2D eigenvalue weighted by atomic mass is 10.3. The van der Waals surface area contributed by atoms with E-state index in [2.05, 4.69) is 20.5 Å². The summed E-state index contributed by atoms with van der Waals surface area (Å²) in [6, 6.07) is 16.1. The molecular formula is C16H14FN5. The Balaban J connectivity index is 1.85. The third kappa shape index (κ3) is 3.01. The van der Waals surface area contributed by atoms with Gasteiger partial charge < -0.3 is 10.2 Å². The number of nitrogens with zero attached hydrogens (tertiary/aromatic N) is 4. The van der Waals surface area contributed by atoms with Crippen LogP contribution >= 0.6 is 0 Å². The van der Waals surface area contributed by atoms with Crippen LogP contribution in [0.1, 0.15) is 0 Å². The minimum Gasteiger partial charge on any atom is -0.336 e. The summed E-state index contributed by atoms with van der Waals surface area (Å²) in [6.07, 6.45) is 1.45. The van der Waals surface area contributed by atoms with Crippen LogP contribution in [0.25, 0.3) is 0 Å². The minimum absolute atomic E-state index is 0.344. The molecule has 110 valence electrons. The molecule has 0 amide bonds. The third-order valence-electron chi connectivity index (χ3n) is 3.13. The summed E-state index contributed by atoms with van der Waals surface area (Å²) in [4.78, 5) is 6.17. The number of benzene rings is 2. The van der Waals surface area contributed by atoms with Crippen molar-refractivity contribution in [2.75, 3.05) is 17.3 Å². The SMILES string of the molecule is CN(c1ccccc1)c1nncc(Nc2ccccc2F)n1. The van der Waals surface area contributed by atoms with E-state index in [9.17, 15) is 4.39 Å². The minimum atomic E-state index is -0.348. The van der Waals surface area contributed by atoms with Crippen LogP contribution in [0.5, 0.6) is 0 Å². The maximum Gasteiger partial charge on any atom is 0.251 e. The monoisotopic (exact) mass is 295 g/mol. The first-order valence-corrected chi connectivity index (χ1v) is 6.74. The van der Waals surface area contributed by atoms with Crippen LogP contribution < -0.4 is 10.2 Å². The van der Waals surface area contributed by atoms with E-state index in [0.717, 1.165) is 5.69 Å². The maximum atomic E-state index is 13.7. The van der Waals surface area contributed by atoms with Gasteiger partial charge in [0.2, 0.25) is 0 Å². The fraction of sp³-hybridized carbons (Fsp3) is 0.0625. The van der Waals surface area contributed by atoms with Crippen molar-refractivity contribution in [3.63, 3.8) is 0 Å². The van der Waals surface area contributed by atoms with Gasteiger partial charge in [-0.15, -0.1) is 5.10 Å². The molecule has 0 fully saturated rings. The summed E-state index contributed by atoms with van der Waals surface area (Å²) in [5.41, 5.74) is 1.28. The maximum absolute atomic E-state index is 13.7. The third-order valence-corrected chi connectivity index (χ3v) is 3.13. The van der Waals surface area contributed by atoms with Gasteiger partial charge in [0.05, 0.1) is 11.9 Å². The molecule has 0 radical (unpaired) electrons. The van der Waals surface area contributed by atoms with Crippen LogP contribution in [-0.4, -0.2) is 22.2 Å². The lowest BCUT2D eigenvalue weighted by molar-refractivity contribution is 0.631. The van der Waals surface area contributed by atoms with E-state index in [4.69, 9.17) is 0 Å². The van der Waals surface area contributed by atoms with Crippen molar-refractivity contribution < 1.29 is 4.39 Å². The van der Waals surface area contributed by atoms with Crippen LogP contribution in [0, 0.1) is 5.82 Å². The van der Waals surface area contributed by atoms with Crippen molar-refractivity contribution in [3.8, 4) is 0 Å². The van der Waals surface area contributed by atoms with Crippen molar-refractivity contribution in [1.82, 2.24) is 15.2 Å². The van der Waals surface area contributed by atoms with Gasteiger partial charge in [0, 0.05) is 12.7 Å².